The quantitative estimate of drug-likeness (QED) is 0.492. The van der Waals surface area contributed by atoms with Crippen LogP contribution < -0.4 is 10.5 Å². The zero-order valence-electron chi connectivity index (χ0n) is 12.7. The molecule has 25 heavy (non-hydrogen) atoms. The van der Waals surface area contributed by atoms with Gasteiger partial charge in [-0.3, -0.25) is 10.1 Å². The van der Waals surface area contributed by atoms with Gasteiger partial charge in [-0.1, -0.05) is 18.2 Å². The first kappa shape index (κ1) is 16.8. The molecule has 130 valence electrons. The Morgan fingerprint density at radius 2 is 1.88 bits per heavy atom. The van der Waals surface area contributed by atoms with Gasteiger partial charge in [-0.2, -0.15) is 0 Å². The maximum atomic E-state index is 11.6. The van der Waals surface area contributed by atoms with Crippen molar-refractivity contribution in [3.8, 4) is 0 Å². The van der Waals surface area contributed by atoms with Crippen LogP contribution in [0, 0.1) is 10.1 Å². The molecule has 0 saturated carbocycles. The minimum Gasteiger partial charge on any atom is -0.383 e. The average molecular weight is 363 g/mol. The molecule has 3 aromatic rings. The largest absolute Gasteiger partial charge is 0.383 e. The van der Waals surface area contributed by atoms with E-state index in [-0.39, 0.29) is 21.6 Å². The van der Waals surface area contributed by atoms with Crippen LogP contribution in [0.15, 0.2) is 45.9 Å². The van der Waals surface area contributed by atoms with E-state index in [4.69, 9.17) is 5.14 Å². The van der Waals surface area contributed by atoms with Crippen LogP contribution in [0.1, 0.15) is 5.56 Å². The zero-order chi connectivity index (χ0) is 18.0. The predicted octanol–water partition coefficient (Wildman–Crippen LogP) is 1.43. The Balaban J connectivity index is 1.80. The summed E-state index contributed by atoms with van der Waals surface area (Å²) in [6, 6.07) is 9.22. The van der Waals surface area contributed by atoms with Gasteiger partial charge in [0.05, 0.1) is 15.5 Å². The lowest BCUT2D eigenvalue weighted by molar-refractivity contribution is -0.383. The third-order valence-corrected chi connectivity index (χ3v) is 4.59. The number of anilines is 1. The van der Waals surface area contributed by atoms with E-state index >= 15 is 0 Å². The lowest BCUT2D eigenvalue weighted by Crippen LogP contribution is -2.16. The average Bonchev–Trinajstić information content (AvgIpc) is 3.04. The fraction of sp³-hybridized carbons (Fsp3) is 0.143. The number of nitrogens with one attached hydrogen (secondary N) is 1. The molecule has 0 radical (unpaired) electrons. The van der Waals surface area contributed by atoms with Crippen LogP contribution in [0.4, 0.5) is 11.4 Å². The van der Waals surface area contributed by atoms with Gasteiger partial charge in [0.15, 0.2) is 5.52 Å². The van der Waals surface area contributed by atoms with Crippen LogP contribution in [0.5, 0.6) is 0 Å². The molecule has 0 bridgehead atoms. The fourth-order valence-corrected chi connectivity index (χ4v) is 3.27. The summed E-state index contributed by atoms with van der Waals surface area (Å²) in [5.74, 6) is 0. The van der Waals surface area contributed by atoms with Gasteiger partial charge < -0.3 is 5.32 Å². The highest BCUT2D eigenvalue weighted by Gasteiger charge is 2.19. The van der Waals surface area contributed by atoms with Crippen molar-refractivity contribution in [3.05, 3.63) is 52.1 Å². The van der Waals surface area contributed by atoms with Gasteiger partial charge in [-0.05, 0) is 34.4 Å². The summed E-state index contributed by atoms with van der Waals surface area (Å²) >= 11 is 0. The number of nitrogens with two attached hydrogens (primary N) is 1. The van der Waals surface area contributed by atoms with Crippen LogP contribution in [-0.4, -0.2) is 30.2 Å². The van der Waals surface area contributed by atoms with Crippen molar-refractivity contribution in [1.82, 2.24) is 10.3 Å². The van der Waals surface area contributed by atoms with Crippen molar-refractivity contribution in [1.29, 1.82) is 0 Å². The van der Waals surface area contributed by atoms with Crippen molar-refractivity contribution in [2.75, 3.05) is 11.9 Å². The standard InChI is InChI=1S/C14H13N5O5S/c15-25(22,23)12-4-2-1-3-9(12)7-8-16-10-5-6-11(19(20)21)14-13(10)17-24-18-14/h1-6,16H,7-8H2,(H2,15,22,23). The summed E-state index contributed by atoms with van der Waals surface area (Å²) in [5.41, 5.74) is 1.12. The van der Waals surface area contributed by atoms with Crippen molar-refractivity contribution in [2.24, 2.45) is 5.14 Å². The number of non-ortho nitro benzene ring substituents is 1. The highest BCUT2D eigenvalue weighted by Crippen LogP contribution is 2.28. The Morgan fingerprint density at radius 1 is 1.16 bits per heavy atom. The number of nitro benzene ring substituents is 1. The van der Waals surface area contributed by atoms with E-state index in [1.54, 1.807) is 18.2 Å². The number of hydrogen-bond acceptors (Lipinski definition) is 8. The number of sulfonamides is 1. The summed E-state index contributed by atoms with van der Waals surface area (Å²) < 4.78 is 27.8. The summed E-state index contributed by atoms with van der Waals surface area (Å²) in [7, 11) is -3.81. The predicted molar refractivity (Wildman–Crippen MR) is 88.5 cm³/mol. The van der Waals surface area contributed by atoms with Crippen LogP contribution in [0.2, 0.25) is 0 Å². The maximum Gasteiger partial charge on any atom is 0.300 e. The molecule has 0 aliphatic rings. The minimum absolute atomic E-state index is 0.0416. The highest BCUT2D eigenvalue weighted by molar-refractivity contribution is 7.89. The fourth-order valence-electron chi connectivity index (χ4n) is 2.46. The van der Waals surface area contributed by atoms with Gasteiger partial charge in [0.1, 0.15) is 0 Å². The van der Waals surface area contributed by atoms with Gasteiger partial charge in [-0.15, -0.1) is 0 Å². The third kappa shape index (κ3) is 3.41. The van der Waals surface area contributed by atoms with Crippen molar-refractivity contribution in [3.63, 3.8) is 0 Å². The number of rotatable bonds is 6. The Morgan fingerprint density at radius 3 is 2.60 bits per heavy atom. The number of nitro groups is 1. The van der Waals surface area contributed by atoms with Crippen molar-refractivity contribution >= 4 is 32.4 Å². The van der Waals surface area contributed by atoms with Gasteiger partial charge in [0.25, 0.3) is 0 Å². The number of fused-ring (bicyclic) bond motifs is 1. The van der Waals surface area contributed by atoms with Gasteiger partial charge in [0.2, 0.25) is 15.5 Å². The summed E-state index contributed by atoms with van der Waals surface area (Å²) in [6.45, 7) is 0.353. The molecule has 0 atom stereocenters. The smallest absolute Gasteiger partial charge is 0.300 e. The van der Waals surface area contributed by atoms with E-state index < -0.39 is 14.9 Å². The summed E-state index contributed by atoms with van der Waals surface area (Å²) in [6.07, 6.45) is 0.371. The van der Waals surface area contributed by atoms with Crippen LogP contribution in [0.3, 0.4) is 0 Å². The van der Waals surface area contributed by atoms with E-state index in [1.807, 2.05) is 0 Å². The van der Waals surface area contributed by atoms with Crippen LogP contribution in [0.25, 0.3) is 11.0 Å². The molecule has 3 rings (SSSR count). The molecule has 0 saturated heterocycles. The van der Waals surface area contributed by atoms with Crippen LogP contribution in [-0.2, 0) is 16.4 Å². The molecule has 0 fully saturated rings. The van der Waals surface area contributed by atoms with Gasteiger partial charge in [0, 0.05) is 12.6 Å². The molecule has 2 aromatic carbocycles. The van der Waals surface area contributed by atoms with E-state index in [9.17, 15) is 18.5 Å². The first-order chi connectivity index (χ1) is 11.9. The third-order valence-electron chi connectivity index (χ3n) is 3.58. The maximum absolute atomic E-state index is 11.6. The molecule has 11 heteroatoms. The highest BCUT2D eigenvalue weighted by atomic mass is 32.2. The second kappa shape index (κ2) is 6.45. The lowest BCUT2D eigenvalue weighted by atomic mass is 10.1. The molecule has 1 aromatic heterocycles. The second-order valence-electron chi connectivity index (χ2n) is 5.18. The number of aromatic nitrogens is 2. The number of primary sulfonamides is 1. The van der Waals surface area contributed by atoms with Crippen LogP contribution >= 0.6 is 0 Å². The summed E-state index contributed by atoms with van der Waals surface area (Å²) in [4.78, 5) is 10.5. The Hall–Kier alpha value is -3.05. The first-order valence-electron chi connectivity index (χ1n) is 7.12. The van der Waals surface area contributed by atoms with E-state index in [2.05, 4.69) is 20.3 Å². The van der Waals surface area contributed by atoms with Crippen molar-refractivity contribution in [2.45, 2.75) is 11.3 Å². The molecule has 0 aliphatic heterocycles. The molecular weight excluding hydrogens is 350 g/mol. The number of hydrogen-bond donors (Lipinski definition) is 2. The van der Waals surface area contributed by atoms with E-state index in [1.165, 1.54) is 18.2 Å². The molecule has 0 spiro atoms. The number of benzene rings is 2. The lowest BCUT2D eigenvalue weighted by Gasteiger charge is -2.09. The monoisotopic (exact) mass is 363 g/mol. The molecule has 0 aliphatic carbocycles. The minimum atomic E-state index is -3.81. The molecule has 10 nitrogen and oxygen atoms in total. The Labute approximate surface area is 141 Å². The van der Waals surface area contributed by atoms with E-state index in [0.717, 1.165) is 0 Å². The van der Waals surface area contributed by atoms with E-state index in [0.29, 0.717) is 24.2 Å². The Bertz CT molecular complexity index is 1050. The second-order valence-corrected chi connectivity index (χ2v) is 6.71. The normalized spacial score (nSPS) is 11.6. The van der Waals surface area contributed by atoms with Gasteiger partial charge in [-0.25, -0.2) is 18.2 Å². The van der Waals surface area contributed by atoms with Gasteiger partial charge >= 0.3 is 5.69 Å². The molecular formula is C14H13N5O5S. The molecule has 0 unspecified atom stereocenters. The Kier molecular flexibility index (Phi) is 4.33. The van der Waals surface area contributed by atoms with Crippen molar-refractivity contribution < 1.29 is 18.0 Å². The molecule has 3 N–H and O–H groups in total. The first-order valence-corrected chi connectivity index (χ1v) is 8.67. The topological polar surface area (TPSA) is 154 Å². The zero-order valence-corrected chi connectivity index (χ0v) is 13.6. The number of nitrogens with zero attached hydrogens (tertiary/aromatic N) is 3. The molecule has 0 amide bonds. The molecule has 1 heterocycles. The SMILES string of the molecule is NS(=O)(=O)c1ccccc1CCNc1ccc([N+](=O)[O-])c2nonc12. The summed E-state index contributed by atoms with van der Waals surface area (Å²) in [5, 5.41) is 26.4.